The van der Waals surface area contributed by atoms with Crippen LogP contribution in [0.5, 0.6) is 0 Å². The average Bonchev–Trinajstić information content (AvgIpc) is 3.25. The van der Waals surface area contributed by atoms with Crippen molar-refractivity contribution in [3.63, 3.8) is 0 Å². The highest BCUT2D eigenvalue weighted by Crippen LogP contribution is 2.47. The fraction of sp³-hybridized carbons (Fsp3) is 0.348. The summed E-state index contributed by atoms with van der Waals surface area (Å²) in [5, 5.41) is 0.822. The highest BCUT2D eigenvalue weighted by Gasteiger charge is 2.29. The lowest BCUT2D eigenvalue weighted by molar-refractivity contribution is -0.677. The van der Waals surface area contributed by atoms with Crippen LogP contribution >= 0.6 is 11.8 Å². The van der Waals surface area contributed by atoms with Gasteiger partial charge in [0.1, 0.15) is 0 Å². The van der Waals surface area contributed by atoms with Crippen LogP contribution < -0.4 is 9.47 Å². The van der Waals surface area contributed by atoms with Gasteiger partial charge in [-0.15, -0.1) is 0 Å². The number of hydrogen-bond donors (Lipinski definition) is 2. The van der Waals surface area contributed by atoms with E-state index < -0.39 is 20.2 Å². The monoisotopic (exact) mass is 539 g/mol. The number of aryl methyl sites for hydroxylation is 3. The minimum absolute atomic E-state index is 0.201. The van der Waals surface area contributed by atoms with Gasteiger partial charge in [-0.1, -0.05) is 23.9 Å². The van der Waals surface area contributed by atoms with Crippen LogP contribution in [-0.2, 0) is 26.8 Å². The lowest BCUT2D eigenvalue weighted by Crippen LogP contribution is -2.36. The summed E-state index contributed by atoms with van der Waals surface area (Å²) in [5.74, 6) is -0.206. The Morgan fingerprint density at radius 2 is 1.66 bits per heavy atom. The van der Waals surface area contributed by atoms with Crippen molar-refractivity contribution in [3.05, 3.63) is 58.4 Å². The molecule has 0 unspecified atom stereocenters. The molecule has 188 valence electrons. The van der Waals surface area contributed by atoms with Crippen molar-refractivity contribution < 1.29 is 34.9 Å². The smallest absolute Gasteiger partial charge is 0.376 e. The van der Waals surface area contributed by atoms with Crippen molar-refractivity contribution in [1.82, 2.24) is 0 Å². The van der Waals surface area contributed by atoms with Gasteiger partial charge in [-0.2, -0.15) is 21.4 Å². The van der Waals surface area contributed by atoms with Crippen LogP contribution in [0.15, 0.2) is 50.7 Å². The van der Waals surface area contributed by atoms with Gasteiger partial charge in [0.2, 0.25) is 5.58 Å². The molecule has 9 nitrogen and oxygen atoms in total. The molecule has 1 aliphatic heterocycles. The van der Waals surface area contributed by atoms with Gasteiger partial charge in [0.05, 0.1) is 28.3 Å². The van der Waals surface area contributed by atoms with Gasteiger partial charge in [-0.3, -0.25) is 9.11 Å². The van der Waals surface area contributed by atoms with Gasteiger partial charge in [0, 0.05) is 23.9 Å². The molecule has 0 radical (unpaired) electrons. The zero-order valence-corrected chi connectivity index (χ0v) is 21.8. The summed E-state index contributed by atoms with van der Waals surface area (Å²) in [4.78, 5) is 3.04. The molecule has 4 rings (SSSR count). The third-order valence-corrected chi connectivity index (χ3v) is 8.50. The molecule has 0 aliphatic carbocycles. The second kappa shape index (κ2) is 9.94. The summed E-state index contributed by atoms with van der Waals surface area (Å²) in [6.07, 6.45) is 2.29. The van der Waals surface area contributed by atoms with Crippen molar-refractivity contribution in [1.29, 1.82) is 0 Å². The predicted molar refractivity (Wildman–Crippen MR) is 136 cm³/mol. The Bertz CT molecular complexity index is 1510. The summed E-state index contributed by atoms with van der Waals surface area (Å²) in [6.45, 7) is 4.73. The molecule has 2 N–H and O–H groups in total. The van der Waals surface area contributed by atoms with Crippen LogP contribution in [0.3, 0.4) is 0 Å². The Labute approximate surface area is 208 Å². The number of hydrogen-bond acceptors (Lipinski definition) is 7. The summed E-state index contributed by atoms with van der Waals surface area (Å²) in [6, 6.07) is 11.6. The van der Waals surface area contributed by atoms with Crippen molar-refractivity contribution in [2.45, 2.75) is 38.1 Å². The number of rotatable bonds is 9. The zero-order valence-electron chi connectivity index (χ0n) is 19.3. The number of oxazole rings is 1. The van der Waals surface area contributed by atoms with Crippen LogP contribution in [0.25, 0.3) is 17.2 Å². The second-order valence-corrected chi connectivity index (χ2v) is 12.7. The first-order valence-corrected chi connectivity index (χ1v) is 15.0. The van der Waals surface area contributed by atoms with E-state index in [-0.39, 0.29) is 24.3 Å². The fourth-order valence-corrected chi connectivity index (χ4v) is 6.18. The van der Waals surface area contributed by atoms with Crippen molar-refractivity contribution >= 4 is 54.9 Å². The number of para-hydroxylation sites is 2. The Morgan fingerprint density at radius 1 is 1.00 bits per heavy atom. The summed E-state index contributed by atoms with van der Waals surface area (Å²) in [7, 11) is -8.16. The van der Waals surface area contributed by atoms with E-state index in [4.69, 9.17) is 8.97 Å². The quantitative estimate of drug-likeness (QED) is 0.308. The van der Waals surface area contributed by atoms with E-state index in [0.717, 1.165) is 32.3 Å². The van der Waals surface area contributed by atoms with Crippen LogP contribution in [0.4, 0.5) is 5.69 Å². The molecule has 0 fully saturated rings. The zero-order chi connectivity index (χ0) is 25.4. The van der Waals surface area contributed by atoms with E-state index in [2.05, 4.69) is 12.1 Å². The molecule has 1 aromatic heterocycles. The van der Waals surface area contributed by atoms with Crippen LogP contribution in [0, 0.1) is 13.8 Å². The molecular formula is C23H27N2O7S3+. The van der Waals surface area contributed by atoms with Crippen LogP contribution in [-0.4, -0.2) is 44.0 Å². The van der Waals surface area contributed by atoms with Gasteiger partial charge in [0.15, 0.2) is 6.54 Å². The first-order chi connectivity index (χ1) is 16.4. The van der Waals surface area contributed by atoms with E-state index in [0.29, 0.717) is 24.6 Å². The Kier molecular flexibility index (Phi) is 7.30. The lowest BCUT2D eigenvalue weighted by atomic mass is 10.1. The summed E-state index contributed by atoms with van der Waals surface area (Å²) < 4.78 is 71.3. The number of aromatic nitrogens is 1. The minimum Gasteiger partial charge on any atom is -0.398 e. The number of fused-ring (bicyclic) bond motifs is 2. The maximum atomic E-state index is 11.3. The molecule has 0 saturated carbocycles. The largest absolute Gasteiger partial charge is 0.398 e. The third-order valence-electron chi connectivity index (χ3n) is 5.80. The van der Waals surface area contributed by atoms with Crippen molar-refractivity contribution in [2.24, 2.45) is 0 Å². The normalized spacial score (nSPS) is 15.3. The summed E-state index contributed by atoms with van der Waals surface area (Å²) in [5.41, 5.74) is 4.62. The maximum absolute atomic E-state index is 11.3. The van der Waals surface area contributed by atoms with E-state index >= 15 is 0 Å². The number of nitrogens with zero attached hydrogens (tertiary/aromatic N) is 2. The van der Waals surface area contributed by atoms with Gasteiger partial charge in [-0.25, -0.2) is 0 Å². The lowest BCUT2D eigenvalue weighted by Gasteiger charge is -2.20. The minimum atomic E-state index is -4.08. The van der Waals surface area contributed by atoms with E-state index in [1.54, 1.807) is 0 Å². The first kappa shape index (κ1) is 25.7. The molecule has 1 aliphatic rings. The number of anilines is 1. The first-order valence-electron chi connectivity index (χ1n) is 11.0. The van der Waals surface area contributed by atoms with Crippen molar-refractivity contribution in [2.75, 3.05) is 23.0 Å². The molecule has 3 aromatic rings. The van der Waals surface area contributed by atoms with Gasteiger partial charge in [0.25, 0.3) is 25.8 Å². The molecule has 35 heavy (non-hydrogen) atoms. The molecule has 2 heterocycles. The predicted octanol–water partition coefficient (Wildman–Crippen LogP) is 3.80. The Morgan fingerprint density at radius 3 is 2.37 bits per heavy atom. The third kappa shape index (κ3) is 6.25. The van der Waals surface area contributed by atoms with E-state index in [9.17, 15) is 21.4 Å². The highest BCUT2D eigenvalue weighted by atomic mass is 32.2. The number of thioether (sulfide) groups is 1. The average molecular weight is 540 g/mol. The standard InChI is InChI=1S/C23H26N2O7S3/c1-16-13-19-21(14-17(16)2)33-23(25(19)10-6-12-35(29,30)31)15-22-24(9-5-11-34(26,27)28)18-7-3-4-8-20(18)32-22/h3-4,7-8,13-15H,5-6,9-12H2,1-2H3,(H-,26,27,28,29,30,31)/p+1. The van der Waals surface area contributed by atoms with Gasteiger partial charge >= 0.3 is 5.89 Å². The van der Waals surface area contributed by atoms with Crippen molar-refractivity contribution in [3.8, 4) is 0 Å². The van der Waals surface area contributed by atoms with Crippen LogP contribution in [0.1, 0.15) is 29.9 Å². The second-order valence-electron chi connectivity index (χ2n) is 8.48. The van der Waals surface area contributed by atoms with Crippen LogP contribution in [0.2, 0.25) is 0 Å². The molecule has 0 spiro atoms. The Hall–Kier alpha value is -2.38. The van der Waals surface area contributed by atoms with E-state index in [1.165, 1.54) is 11.8 Å². The molecule has 0 saturated heterocycles. The fourth-order valence-electron chi connectivity index (χ4n) is 4.00. The topological polar surface area (TPSA) is 129 Å². The Balaban J connectivity index is 1.73. The maximum Gasteiger partial charge on any atom is 0.376 e. The number of benzene rings is 2. The highest BCUT2D eigenvalue weighted by molar-refractivity contribution is 8.03. The van der Waals surface area contributed by atoms with Gasteiger partial charge < -0.3 is 9.32 Å². The molecular weight excluding hydrogens is 512 g/mol. The molecule has 0 atom stereocenters. The SMILES string of the molecule is Cc1cc2c(cc1C)N(CCCS(=O)(=O)O)/C(=C/c1oc3ccccc3[n+]1CCCS(=O)(=O)O)S2. The molecule has 12 heteroatoms. The van der Waals surface area contributed by atoms with E-state index in [1.807, 2.05) is 53.7 Å². The molecule has 0 amide bonds. The van der Waals surface area contributed by atoms with Gasteiger partial charge in [-0.05, 0) is 49.6 Å². The molecule has 0 bridgehead atoms. The summed E-state index contributed by atoms with van der Waals surface area (Å²) >= 11 is 1.53. The molecule has 2 aromatic carbocycles.